The topological polar surface area (TPSA) is 102 Å². The van der Waals surface area contributed by atoms with Crippen LogP contribution in [0, 0.1) is 13.8 Å². The number of nitrogens with zero attached hydrogens (tertiary/aromatic N) is 4. The van der Waals surface area contributed by atoms with Gasteiger partial charge in [-0.25, -0.2) is 14.4 Å². The van der Waals surface area contributed by atoms with Gasteiger partial charge in [0, 0.05) is 30.4 Å². The fourth-order valence-electron chi connectivity index (χ4n) is 3.64. The first-order valence-corrected chi connectivity index (χ1v) is 11.7. The molecule has 36 heavy (non-hydrogen) atoms. The molecule has 3 aromatic heterocycles. The first kappa shape index (κ1) is 25.5. The van der Waals surface area contributed by atoms with Gasteiger partial charge in [0.1, 0.15) is 23.0 Å². The van der Waals surface area contributed by atoms with Crippen LogP contribution in [-0.4, -0.2) is 37.0 Å². The van der Waals surface area contributed by atoms with Crippen LogP contribution in [0.5, 0.6) is 5.75 Å². The average Bonchev–Trinajstić information content (AvgIpc) is 2.83. The minimum Gasteiger partial charge on any atom is -0.486 e. The molecule has 0 fully saturated rings. The second-order valence-electron chi connectivity index (χ2n) is 9.30. The molecule has 0 aliphatic carbocycles. The van der Waals surface area contributed by atoms with Crippen molar-refractivity contribution in [3.8, 4) is 22.8 Å². The summed E-state index contributed by atoms with van der Waals surface area (Å²) in [6.07, 6.45) is 7.74. The molecule has 0 aromatic carbocycles. The molecule has 2 N–H and O–H groups in total. The molecule has 8 nitrogen and oxygen atoms in total. The zero-order chi connectivity index (χ0) is 26.3. The summed E-state index contributed by atoms with van der Waals surface area (Å²) in [6, 6.07) is 4.99. The van der Waals surface area contributed by atoms with E-state index in [2.05, 4.69) is 20.3 Å². The summed E-state index contributed by atoms with van der Waals surface area (Å²) >= 11 is 6.39. The predicted molar refractivity (Wildman–Crippen MR) is 136 cm³/mol. The second kappa shape index (κ2) is 9.48. The molecule has 188 valence electrons. The molecule has 3 aromatic rings. The van der Waals surface area contributed by atoms with E-state index in [0.717, 1.165) is 11.1 Å². The van der Waals surface area contributed by atoms with Crippen molar-refractivity contribution in [3.63, 3.8) is 0 Å². The van der Waals surface area contributed by atoms with E-state index in [-0.39, 0.29) is 23.2 Å². The molecule has 0 saturated carbocycles. The molecule has 0 saturated heterocycles. The van der Waals surface area contributed by atoms with Gasteiger partial charge >= 0.3 is 0 Å². The van der Waals surface area contributed by atoms with Gasteiger partial charge in [-0.2, -0.15) is 0 Å². The number of hydrogen-bond donors (Lipinski definition) is 2. The molecule has 1 aliphatic heterocycles. The van der Waals surface area contributed by atoms with E-state index in [1.54, 1.807) is 63.6 Å². The Bertz CT molecular complexity index is 1440. The standard InChI is InChI=1S/C26H27ClFN5O3/c1-15-6-8-26(28,31-12-15)14-36-21-10-17(3)33(23(34)22(21)27)20-11-19(30-13-16(20)2)18-7-9-29-24(32-18)25(4,5)35/h6-13,31,35H,14H2,1-5H3. The normalized spacial score (nSPS) is 17.5. The van der Waals surface area contributed by atoms with Crippen molar-refractivity contribution in [2.24, 2.45) is 0 Å². The van der Waals surface area contributed by atoms with Crippen LogP contribution in [0.15, 0.2) is 59.3 Å². The minimum atomic E-state index is -1.91. The third kappa shape index (κ3) is 5.17. The Hall–Kier alpha value is -3.56. The number of pyridine rings is 2. The molecular weight excluding hydrogens is 485 g/mol. The van der Waals surface area contributed by atoms with E-state index in [1.165, 1.54) is 10.6 Å². The SMILES string of the molecule is CC1=CNC(F)(COc2cc(C)n(-c3cc(-c4ccnc(C(C)(C)O)n4)ncc3C)c(=O)c2Cl)C=C1. The van der Waals surface area contributed by atoms with Gasteiger partial charge in [0.15, 0.2) is 5.82 Å². The van der Waals surface area contributed by atoms with Crippen molar-refractivity contribution in [1.29, 1.82) is 0 Å². The number of halogens is 2. The molecule has 0 bridgehead atoms. The van der Waals surface area contributed by atoms with Gasteiger partial charge in [0.25, 0.3) is 5.56 Å². The number of aryl methyl sites for hydroxylation is 2. The summed E-state index contributed by atoms with van der Waals surface area (Å²) in [5, 5.41) is 12.7. The van der Waals surface area contributed by atoms with Gasteiger partial charge in [0.2, 0.25) is 5.79 Å². The molecule has 1 aliphatic rings. The smallest absolute Gasteiger partial charge is 0.277 e. The highest BCUT2D eigenvalue weighted by atomic mass is 35.5. The fraction of sp³-hybridized carbons (Fsp3) is 0.308. The van der Waals surface area contributed by atoms with Crippen LogP contribution in [0.25, 0.3) is 17.1 Å². The zero-order valence-electron chi connectivity index (χ0n) is 20.6. The summed E-state index contributed by atoms with van der Waals surface area (Å²) in [5.41, 5.74) is 1.94. The third-order valence-electron chi connectivity index (χ3n) is 5.67. The minimum absolute atomic E-state index is 0.0893. The number of hydrogen-bond acceptors (Lipinski definition) is 7. The Morgan fingerprint density at radius 1 is 1.22 bits per heavy atom. The van der Waals surface area contributed by atoms with Crippen LogP contribution in [0.3, 0.4) is 0 Å². The highest BCUT2D eigenvalue weighted by Gasteiger charge is 2.29. The molecule has 0 radical (unpaired) electrons. The summed E-state index contributed by atoms with van der Waals surface area (Å²) < 4.78 is 22.0. The molecule has 0 spiro atoms. The number of alkyl halides is 1. The Morgan fingerprint density at radius 3 is 2.64 bits per heavy atom. The third-order valence-corrected chi connectivity index (χ3v) is 6.02. The lowest BCUT2D eigenvalue weighted by Crippen LogP contribution is -2.43. The van der Waals surface area contributed by atoms with Gasteiger partial charge in [0.05, 0.1) is 17.1 Å². The van der Waals surface area contributed by atoms with Crippen LogP contribution in [0.1, 0.15) is 37.9 Å². The Labute approximate surface area is 213 Å². The van der Waals surface area contributed by atoms with E-state index in [0.29, 0.717) is 22.8 Å². The van der Waals surface area contributed by atoms with Crippen molar-refractivity contribution in [1.82, 2.24) is 24.8 Å². The first-order valence-electron chi connectivity index (χ1n) is 11.3. The first-order chi connectivity index (χ1) is 16.9. The maximum atomic E-state index is 14.9. The van der Waals surface area contributed by atoms with Crippen LogP contribution < -0.4 is 15.6 Å². The van der Waals surface area contributed by atoms with E-state index in [4.69, 9.17) is 16.3 Å². The van der Waals surface area contributed by atoms with E-state index < -0.39 is 17.0 Å². The van der Waals surface area contributed by atoms with Crippen molar-refractivity contribution < 1.29 is 14.2 Å². The highest BCUT2D eigenvalue weighted by molar-refractivity contribution is 6.31. The van der Waals surface area contributed by atoms with Crippen LogP contribution in [0.2, 0.25) is 5.02 Å². The molecule has 10 heteroatoms. The Balaban J connectivity index is 1.69. The van der Waals surface area contributed by atoms with Gasteiger partial charge in [-0.15, -0.1) is 0 Å². The van der Waals surface area contributed by atoms with Crippen molar-refractivity contribution in [3.05, 3.63) is 87.0 Å². The van der Waals surface area contributed by atoms with Crippen LogP contribution in [-0.2, 0) is 5.60 Å². The van der Waals surface area contributed by atoms with E-state index >= 15 is 0 Å². The quantitative estimate of drug-likeness (QED) is 0.476. The molecular formula is C26H27ClFN5O3. The van der Waals surface area contributed by atoms with Gasteiger partial charge in [-0.1, -0.05) is 17.7 Å². The number of allylic oxidation sites excluding steroid dienone is 2. The highest BCUT2D eigenvalue weighted by Crippen LogP contribution is 2.28. The lowest BCUT2D eigenvalue weighted by molar-refractivity contribution is 0.0688. The van der Waals surface area contributed by atoms with Crippen LogP contribution >= 0.6 is 11.6 Å². The molecule has 1 unspecified atom stereocenters. The zero-order valence-corrected chi connectivity index (χ0v) is 21.4. The average molecular weight is 512 g/mol. The van der Waals surface area contributed by atoms with E-state index in [9.17, 15) is 14.3 Å². The van der Waals surface area contributed by atoms with Crippen molar-refractivity contribution in [2.75, 3.05) is 6.61 Å². The van der Waals surface area contributed by atoms with Gasteiger partial charge in [-0.3, -0.25) is 14.3 Å². The number of aliphatic hydroxyl groups is 1. The van der Waals surface area contributed by atoms with Crippen molar-refractivity contribution in [2.45, 2.75) is 46.0 Å². The number of nitrogens with one attached hydrogen (secondary N) is 1. The van der Waals surface area contributed by atoms with Crippen molar-refractivity contribution >= 4 is 11.6 Å². The summed E-state index contributed by atoms with van der Waals surface area (Å²) in [6.45, 7) is 8.22. The number of aromatic nitrogens is 4. The largest absolute Gasteiger partial charge is 0.486 e. The van der Waals surface area contributed by atoms with Crippen LogP contribution in [0.4, 0.5) is 4.39 Å². The fourth-order valence-corrected chi connectivity index (χ4v) is 3.84. The summed E-state index contributed by atoms with van der Waals surface area (Å²) in [7, 11) is 0. The van der Waals surface area contributed by atoms with Gasteiger partial charge < -0.3 is 15.2 Å². The molecule has 1 atom stereocenters. The van der Waals surface area contributed by atoms with E-state index in [1.807, 2.05) is 13.8 Å². The maximum absolute atomic E-state index is 14.9. The monoisotopic (exact) mass is 511 g/mol. The second-order valence-corrected chi connectivity index (χ2v) is 9.68. The number of ether oxygens (including phenoxy) is 1. The predicted octanol–water partition coefficient (Wildman–Crippen LogP) is 4.29. The Kier molecular flexibility index (Phi) is 6.72. The summed E-state index contributed by atoms with van der Waals surface area (Å²) in [4.78, 5) is 26.3. The molecule has 0 amide bonds. The summed E-state index contributed by atoms with van der Waals surface area (Å²) in [5.74, 6) is -1.58. The molecule has 4 rings (SSSR count). The Morgan fingerprint density at radius 2 is 1.97 bits per heavy atom. The lowest BCUT2D eigenvalue weighted by atomic mass is 10.1. The molecule has 4 heterocycles. The van der Waals surface area contributed by atoms with Gasteiger partial charge in [-0.05, 0) is 64.0 Å². The maximum Gasteiger partial charge on any atom is 0.277 e. The number of rotatable bonds is 6. The lowest BCUT2D eigenvalue weighted by Gasteiger charge is -2.26. The number of dihydropyridines is 1.